The molecule has 1 unspecified atom stereocenters. The van der Waals surface area contributed by atoms with Gasteiger partial charge < -0.3 is 14.8 Å². The molecular formula is C20H21N3O4. The van der Waals surface area contributed by atoms with Crippen molar-refractivity contribution in [2.75, 3.05) is 12.4 Å². The normalized spacial score (nSPS) is 19.3. The molecule has 1 amide bonds. The number of benzene rings is 1. The highest BCUT2D eigenvalue weighted by atomic mass is 16.5. The maximum Gasteiger partial charge on any atom is 0.358 e. The molecule has 1 aliphatic carbocycles. The van der Waals surface area contributed by atoms with Gasteiger partial charge in [0.25, 0.3) is 0 Å². The smallest absolute Gasteiger partial charge is 0.358 e. The van der Waals surface area contributed by atoms with Gasteiger partial charge in [0.15, 0.2) is 5.69 Å². The Balaban J connectivity index is 1.60. The molecule has 0 spiro atoms. The van der Waals surface area contributed by atoms with E-state index >= 15 is 0 Å². The lowest BCUT2D eigenvalue weighted by molar-refractivity contribution is -0.116. The first-order valence-corrected chi connectivity index (χ1v) is 9.15. The molecule has 1 aliphatic heterocycles. The second kappa shape index (κ2) is 7.34. The minimum Gasteiger partial charge on any atom is -0.490 e. The van der Waals surface area contributed by atoms with Gasteiger partial charge in [-0.2, -0.15) is 0 Å². The van der Waals surface area contributed by atoms with Crippen LogP contribution in [0.15, 0.2) is 30.6 Å². The van der Waals surface area contributed by atoms with Gasteiger partial charge in [-0.25, -0.2) is 9.78 Å². The molecule has 4 rings (SSSR count). The molecule has 7 heteroatoms. The summed E-state index contributed by atoms with van der Waals surface area (Å²) in [6.45, 7) is 0. The van der Waals surface area contributed by atoms with Crippen molar-refractivity contribution in [1.82, 2.24) is 9.97 Å². The molecule has 7 nitrogen and oxygen atoms in total. The third-order valence-electron chi connectivity index (χ3n) is 5.09. The van der Waals surface area contributed by atoms with Crippen LogP contribution in [0.1, 0.15) is 59.8 Å². The topological polar surface area (TPSA) is 90.4 Å². The lowest BCUT2D eigenvalue weighted by Crippen LogP contribution is -2.24. The first-order chi connectivity index (χ1) is 13.1. The summed E-state index contributed by atoms with van der Waals surface area (Å²) in [5, 5.41) is 2.92. The van der Waals surface area contributed by atoms with E-state index in [1.165, 1.54) is 32.3 Å². The highest BCUT2D eigenvalue weighted by Gasteiger charge is 2.29. The Morgan fingerprint density at radius 2 is 2.00 bits per heavy atom. The van der Waals surface area contributed by atoms with Gasteiger partial charge in [-0.15, -0.1) is 0 Å². The number of ether oxygens (including phenoxy) is 2. The molecule has 0 radical (unpaired) electrons. The zero-order chi connectivity index (χ0) is 18.8. The molecule has 2 heterocycles. The van der Waals surface area contributed by atoms with Crippen molar-refractivity contribution in [2.24, 2.45) is 0 Å². The number of fused-ring (bicyclic) bond motifs is 1. The average Bonchev–Trinajstić information content (AvgIpc) is 3.19. The fourth-order valence-corrected chi connectivity index (χ4v) is 3.71. The van der Waals surface area contributed by atoms with E-state index in [-0.39, 0.29) is 30.0 Å². The van der Waals surface area contributed by atoms with Crippen LogP contribution >= 0.6 is 0 Å². The highest BCUT2D eigenvalue weighted by Crippen LogP contribution is 2.38. The van der Waals surface area contributed by atoms with Crippen LogP contribution in [0.25, 0.3) is 0 Å². The number of carbonyl (C=O) groups is 2. The summed E-state index contributed by atoms with van der Waals surface area (Å²) in [6.07, 6.45) is 8.01. The third kappa shape index (κ3) is 3.63. The van der Waals surface area contributed by atoms with Crippen molar-refractivity contribution in [3.63, 3.8) is 0 Å². The van der Waals surface area contributed by atoms with Gasteiger partial charge >= 0.3 is 5.97 Å². The summed E-state index contributed by atoms with van der Waals surface area (Å²) in [4.78, 5) is 32.2. The number of rotatable bonds is 4. The largest absolute Gasteiger partial charge is 0.490 e. The summed E-state index contributed by atoms with van der Waals surface area (Å²) < 4.78 is 10.7. The van der Waals surface area contributed by atoms with Gasteiger partial charge in [-0.3, -0.25) is 9.78 Å². The fourth-order valence-electron chi connectivity index (χ4n) is 3.71. The van der Waals surface area contributed by atoms with Crippen LogP contribution in [0.3, 0.4) is 0 Å². The van der Waals surface area contributed by atoms with E-state index in [0.29, 0.717) is 5.69 Å². The maximum absolute atomic E-state index is 12.2. The fraction of sp³-hybridized carbons (Fsp3) is 0.400. The molecule has 1 N–H and O–H groups in total. The number of nitrogens with zero attached hydrogens (tertiary/aromatic N) is 2. The molecule has 1 atom stereocenters. The predicted molar refractivity (Wildman–Crippen MR) is 97.8 cm³/mol. The molecule has 1 fully saturated rings. The van der Waals surface area contributed by atoms with E-state index < -0.39 is 5.97 Å². The van der Waals surface area contributed by atoms with Gasteiger partial charge in [0, 0.05) is 24.1 Å². The Morgan fingerprint density at radius 1 is 1.19 bits per heavy atom. The van der Waals surface area contributed by atoms with E-state index in [0.717, 1.165) is 29.8 Å². The number of carbonyl (C=O) groups excluding carboxylic acids is 2. The van der Waals surface area contributed by atoms with Crippen LogP contribution in [-0.4, -0.2) is 35.1 Å². The van der Waals surface area contributed by atoms with E-state index in [9.17, 15) is 9.59 Å². The van der Waals surface area contributed by atoms with E-state index in [1.54, 1.807) is 0 Å². The predicted octanol–water partition coefficient (Wildman–Crippen LogP) is 3.06. The molecule has 2 aromatic rings. The summed E-state index contributed by atoms with van der Waals surface area (Å²) in [5.74, 6) is -0.0592. The number of anilines is 1. The number of amides is 1. The lowest BCUT2D eigenvalue weighted by atomic mass is 9.88. The molecule has 0 saturated heterocycles. The molecule has 1 aromatic heterocycles. The summed E-state index contributed by atoms with van der Waals surface area (Å²) in [6, 6.07) is 5.80. The summed E-state index contributed by atoms with van der Waals surface area (Å²) >= 11 is 0. The van der Waals surface area contributed by atoms with Crippen molar-refractivity contribution in [2.45, 2.75) is 44.1 Å². The minimum absolute atomic E-state index is 0.0793. The van der Waals surface area contributed by atoms with Crippen LogP contribution in [0.2, 0.25) is 0 Å². The first kappa shape index (κ1) is 17.5. The molecule has 27 heavy (non-hydrogen) atoms. The molecule has 140 valence electrons. The van der Waals surface area contributed by atoms with Crippen LogP contribution in [0.5, 0.6) is 5.75 Å². The number of nitrogens with one attached hydrogen (secondary N) is 1. The van der Waals surface area contributed by atoms with Crippen molar-refractivity contribution < 1.29 is 19.1 Å². The standard InChI is InChI=1S/C20H21N3O4/c1-26-20(25)18-11-21-17(10-22-18)15-9-19(24)23-16-8-13(6-7-14(15)16)27-12-4-2-3-5-12/h6-8,10-12,15H,2-5,9H2,1H3,(H,23,24). The van der Waals surface area contributed by atoms with Crippen LogP contribution in [-0.2, 0) is 9.53 Å². The van der Waals surface area contributed by atoms with Gasteiger partial charge in [0.2, 0.25) is 5.91 Å². The van der Waals surface area contributed by atoms with Crippen LogP contribution in [0, 0.1) is 0 Å². The Hall–Kier alpha value is -2.96. The number of hydrogen-bond donors (Lipinski definition) is 1. The maximum atomic E-state index is 12.2. The minimum atomic E-state index is -0.537. The zero-order valence-electron chi connectivity index (χ0n) is 15.1. The van der Waals surface area contributed by atoms with Crippen molar-refractivity contribution in [3.05, 3.63) is 47.5 Å². The zero-order valence-corrected chi connectivity index (χ0v) is 15.1. The number of esters is 1. The van der Waals surface area contributed by atoms with Gasteiger partial charge in [0.1, 0.15) is 5.75 Å². The summed E-state index contributed by atoms with van der Waals surface area (Å²) in [5.41, 5.74) is 2.49. The van der Waals surface area contributed by atoms with Crippen molar-refractivity contribution in [1.29, 1.82) is 0 Å². The van der Waals surface area contributed by atoms with Gasteiger partial charge in [0.05, 0.1) is 31.3 Å². The lowest BCUT2D eigenvalue weighted by Gasteiger charge is -2.26. The van der Waals surface area contributed by atoms with Gasteiger partial charge in [-0.05, 0) is 37.3 Å². The SMILES string of the molecule is COC(=O)c1cnc(C2CC(=O)Nc3cc(OC4CCCC4)ccc32)cn1. The van der Waals surface area contributed by atoms with Crippen molar-refractivity contribution in [3.8, 4) is 5.75 Å². The number of methoxy groups -OCH3 is 1. The average molecular weight is 367 g/mol. The monoisotopic (exact) mass is 367 g/mol. The molecule has 1 aromatic carbocycles. The second-order valence-electron chi connectivity index (χ2n) is 6.90. The van der Waals surface area contributed by atoms with Gasteiger partial charge in [-0.1, -0.05) is 6.07 Å². The second-order valence-corrected chi connectivity index (χ2v) is 6.90. The molecule has 0 bridgehead atoms. The highest BCUT2D eigenvalue weighted by molar-refractivity contribution is 5.95. The van der Waals surface area contributed by atoms with E-state index in [4.69, 9.17) is 4.74 Å². The Labute approximate surface area is 157 Å². The first-order valence-electron chi connectivity index (χ1n) is 9.15. The van der Waals surface area contributed by atoms with E-state index in [2.05, 4.69) is 20.0 Å². The van der Waals surface area contributed by atoms with Crippen molar-refractivity contribution >= 4 is 17.6 Å². The molecule has 1 saturated carbocycles. The number of hydrogen-bond acceptors (Lipinski definition) is 6. The molecular weight excluding hydrogens is 346 g/mol. The quantitative estimate of drug-likeness (QED) is 0.835. The number of aromatic nitrogens is 2. The Kier molecular flexibility index (Phi) is 4.75. The van der Waals surface area contributed by atoms with Crippen LogP contribution in [0.4, 0.5) is 5.69 Å². The summed E-state index contributed by atoms with van der Waals surface area (Å²) in [7, 11) is 1.30. The third-order valence-corrected chi connectivity index (χ3v) is 5.09. The Bertz CT molecular complexity index is 860. The van der Waals surface area contributed by atoms with Crippen LogP contribution < -0.4 is 10.1 Å². The molecule has 2 aliphatic rings. The Morgan fingerprint density at radius 3 is 2.70 bits per heavy atom. The van der Waals surface area contributed by atoms with E-state index in [1.807, 2.05) is 18.2 Å².